The Morgan fingerprint density at radius 1 is 1.03 bits per heavy atom. The van der Waals surface area contributed by atoms with Crippen molar-refractivity contribution in [3.8, 4) is 23.3 Å². The van der Waals surface area contributed by atoms with Gasteiger partial charge in [-0.1, -0.05) is 0 Å². The monoisotopic (exact) mass is 473 g/mol. The second kappa shape index (κ2) is 9.17. The van der Waals surface area contributed by atoms with Crippen LogP contribution < -0.4 is 24.7 Å². The van der Waals surface area contributed by atoms with Crippen LogP contribution in [0.5, 0.6) is 17.2 Å². The molecular formula is C24H22F3N3O4. The van der Waals surface area contributed by atoms with E-state index in [4.69, 9.17) is 9.47 Å². The summed E-state index contributed by atoms with van der Waals surface area (Å²) in [7, 11) is 3.19. The minimum atomic E-state index is -4.75. The van der Waals surface area contributed by atoms with E-state index in [1.165, 1.54) is 28.8 Å². The minimum absolute atomic E-state index is 0.0721. The third-order valence-electron chi connectivity index (χ3n) is 5.81. The molecule has 0 bridgehead atoms. The Balaban J connectivity index is 1.53. The first-order valence-corrected chi connectivity index (χ1v) is 10.6. The number of methoxy groups -OCH3 is 1. The Kier molecular flexibility index (Phi) is 6.28. The van der Waals surface area contributed by atoms with Crippen LogP contribution in [0.3, 0.4) is 0 Å². The van der Waals surface area contributed by atoms with Crippen LogP contribution in [0.15, 0.2) is 47.3 Å². The average molecular weight is 473 g/mol. The van der Waals surface area contributed by atoms with Gasteiger partial charge < -0.3 is 23.7 Å². The molecule has 0 unspecified atom stereocenters. The molecule has 2 heterocycles. The fourth-order valence-corrected chi connectivity index (χ4v) is 4.18. The highest BCUT2D eigenvalue weighted by atomic mass is 19.4. The number of anilines is 1. The van der Waals surface area contributed by atoms with Crippen molar-refractivity contribution in [2.24, 2.45) is 7.05 Å². The van der Waals surface area contributed by atoms with E-state index in [0.29, 0.717) is 48.6 Å². The van der Waals surface area contributed by atoms with Crippen molar-refractivity contribution >= 4 is 16.6 Å². The van der Waals surface area contributed by atoms with E-state index in [9.17, 15) is 23.2 Å². The molecule has 3 aromatic rings. The molecule has 0 spiro atoms. The third kappa shape index (κ3) is 4.73. The van der Waals surface area contributed by atoms with Gasteiger partial charge in [-0.05, 0) is 42.5 Å². The second-order valence-corrected chi connectivity index (χ2v) is 7.91. The number of fused-ring (bicyclic) bond motifs is 1. The summed E-state index contributed by atoms with van der Waals surface area (Å²) >= 11 is 0. The fourth-order valence-electron chi connectivity index (χ4n) is 4.18. The number of rotatable bonds is 5. The maximum absolute atomic E-state index is 12.8. The molecule has 4 rings (SSSR count). The van der Waals surface area contributed by atoms with Crippen molar-refractivity contribution in [3.63, 3.8) is 0 Å². The summed E-state index contributed by atoms with van der Waals surface area (Å²) in [6, 6.07) is 12.7. The quantitative estimate of drug-likeness (QED) is 0.548. The van der Waals surface area contributed by atoms with Gasteiger partial charge in [-0.15, -0.1) is 13.2 Å². The molecule has 0 atom stereocenters. The molecule has 0 saturated carbocycles. The molecule has 7 nitrogen and oxygen atoms in total. The lowest BCUT2D eigenvalue weighted by Gasteiger charge is -2.35. The van der Waals surface area contributed by atoms with Crippen LogP contribution >= 0.6 is 0 Å². The molecule has 1 aliphatic rings. The van der Waals surface area contributed by atoms with Crippen molar-refractivity contribution in [3.05, 3.63) is 58.4 Å². The van der Waals surface area contributed by atoms with Crippen LogP contribution in [0, 0.1) is 11.3 Å². The molecule has 1 aromatic heterocycles. The molecule has 1 aliphatic heterocycles. The summed E-state index contributed by atoms with van der Waals surface area (Å²) in [5.74, 6) is 0.744. The summed E-state index contributed by atoms with van der Waals surface area (Å²) in [5.41, 5.74) is 0.975. The van der Waals surface area contributed by atoms with Crippen molar-refractivity contribution in [2.45, 2.75) is 25.3 Å². The van der Waals surface area contributed by atoms with Gasteiger partial charge >= 0.3 is 6.36 Å². The van der Waals surface area contributed by atoms with Gasteiger partial charge in [0.2, 0.25) is 0 Å². The Labute approximate surface area is 193 Å². The van der Waals surface area contributed by atoms with Crippen molar-refractivity contribution < 1.29 is 27.4 Å². The average Bonchev–Trinajstić information content (AvgIpc) is 2.82. The van der Waals surface area contributed by atoms with Crippen LogP contribution in [0.2, 0.25) is 0 Å². The molecule has 0 N–H and O–H groups in total. The van der Waals surface area contributed by atoms with Crippen LogP contribution in [0.4, 0.5) is 18.9 Å². The van der Waals surface area contributed by atoms with Crippen LogP contribution in [0.1, 0.15) is 18.4 Å². The number of halogens is 3. The number of piperidine rings is 1. The highest BCUT2D eigenvalue weighted by Crippen LogP contribution is 2.34. The van der Waals surface area contributed by atoms with Gasteiger partial charge in [-0.3, -0.25) is 4.79 Å². The number of nitrogens with zero attached hydrogens (tertiary/aromatic N) is 3. The first kappa shape index (κ1) is 23.3. The lowest BCUT2D eigenvalue weighted by atomic mass is 10.0. The van der Waals surface area contributed by atoms with E-state index >= 15 is 0 Å². The van der Waals surface area contributed by atoms with Crippen LogP contribution in [-0.4, -0.2) is 37.2 Å². The smallest absolute Gasteiger partial charge is 0.497 e. The maximum atomic E-state index is 12.8. The molecule has 0 aliphatic carbocycles. The molecule has 0 amide bonds. The molecule has 10 heteroatoms. The first-order valence-electron chi connectivity index (χ1n) is 10.6. The summed E-state index contributed by atoms with van der Waals surface area (Å²) in [6.07, 6.45) is -3.70. The van der Waals surface area contributed by atoms with Crippen LogP contribution in [0.25, 0.3) is 10.9 Å². The van der Waals surface area contributed by atoms with Gasteiger partial charge in [-0.2, -0.15) is 5.26 Å². The summed E-state index contributed by atoms with van der Waals surface area (Å²) < 4.78 is 53.6. The van der Waals surface area contributed by atoms with Crippen molar-refractivity contribution in [2.75, 3.05) is 25.1 Å². The molecule has 34 heavy (non-hydrogen) atoms. The SMILES string of the molecule is COc1ccc2c(c1)c(N1CCC(Oc3ccc(OC(F)(F)F)cc3)CC1)c(C#N)c(=O)n2C. The first-order chi connectivity index (χ1) is 16.2. The number of nitriles is 1. The largest absolute Gasteiger partial charge is 0.573 e. The molecule has 1 fully saturated rings. The lowest BCUT2D eigenvalue weighted by Crippen LogP contribution is -2.40. The standard InChI is InChI=1S/C24H22F3N3O4/c1-29-21-8-7-18(32-2)13-19(21)22(20(14-28)23(29)31)30-11-9-16(10-12-30)33-15-3-5-17(6-4-15)34-24(25,26)27/h3-8,13,16H,9-12H2,1-2H3. The predicted octanol–water partition coefficient (Wildman–Crippen LogP) is 4.37. The van der Waals surface area contributed by atoms with Gasteiger partial charge in [-0.25, -0.2) is 0 Å². The van der Waals surface area contributed by atoms with E-state index in [1.54, 1.807) is 26.3 Å². The maximum Gasteiger partial charge on any atom is 0.573 e. The summed E-state index contributed by atoms with van der Waals surface area (Å²) in [5, 5.41) is 10.5. The highest BCUT2D eigenvalue weighted by molar-refractivity contribution is 5.95. The number of ether oxygens (including phenoxy) is 3. The summed E-state index contributed by atoms with van der Waals surface area (Å²) in [6.45, 7) is 1.07. The lowest BCUT2D eigenvalue weighted by molar-refractivity contribution is -0.274. The van der Waals surface area contributed by atoms with E-state index in [-0.39, 0.29) is 23.0 Å². The van der Waals surface area contributed by atoms with Gasteiger partial charge in [0.15, 0.2) is 0 Å². The Morgan fingerprint density at radius 2 is 1.65 bits per heavy atom. The van der Waals surface area contributed by atoms with Crippen molar-refractivity contribution in [1.82, 2.24) is 4.57 Å². The van der Waals surface area contributed by atoms with Crippen molar-refractivity contribution in [1.29, 1.82) is 5.26 Å². The Bertz CT molecular complexity index is 1290. The van der Waals surface area contributed by atoms with Crippen LogP contribution in [-0.2, 0) is 7.05 Å². The Hall–Kier alpha value is -3.87. The fraction of sp³-hybridized carbons (Fsp3) is 0.333. The van der Waals surface area contributed by atoms with E-state index in [1.807, 2.05) is 11.0 Å². The number of alkyl halides is 3. The zero-order valence-electron chi connectivity index (χ0n) is 18.6. The van der Waals surface area contributed by atoms with Gasteiger partial charge in [0, 0.05) is 38.4 Å². The number of hydrogen-bond acceptors (Lipinski definition) is 6. The number of hydrogen-bond donors (Lipinski definition) is 0. The normalized spacial score (nSPS) is 14.6. The van der Waals surface area contributed by atoms with Gasteiger partial charge in [0.1, 0.15) is 35.0 Å². The zero-order chi connectivity index (χ0) is 24.5. The number of benzene rings is 2. The topological polar surface area (TPSA) is 76.7 Å². The van der Waals surface area contributed by atoms with E-state index in [0.717, 1.165) is 5.39 Å². The summed E-state index contributed by atoms with van der Waals surface area (Å²) in [4.78, 5) is 14.8. The Morgan fingerprint density at radius 3 is 2.24 bits per heavy atom. The zero-order valence-corrected chi connectivity index (χ0v) is 18.6. The second-order valence-electron chi connectivity index (χ2n) is 7.91. The van der Waals surface area contributed by atoms with Gasteiger partial charge in [0.05, 0.1) is 18.3 Å². The molecule has 1 saturated heterocycles. The van der Waals surface area contributed by atoms with Gasteiger partial charge in [0.25, 0.3) is 5.56 Å². The number of aryl methyl sites for hydroxylation is 1. The molecule has 178 valence electrons. The molecule has 2 aromatic carbocycles. The molecular weight excluding hydrogens is 451 g/mol. The molecule has 0 radical (unpaired) electrons. The third-order valence-corrected chi connectivity index (χ3v) is 5.81. The number of pyridine rings is 1. The van der Waals surface area contributed by atoms with E-state index < -0.39 is 6.36 Å². The predicted molar refractivity (Wildman–Crippen MR) is 119 cm³/mol. The minimum Gasteiger partial charge on any atom is -0.497 e. The van der Waals surface area contributed by atoms with E-state index in [2.05, 4.69) is 10.8 Å². The number of aromatic nitrogens is 1. The highest BCUT2D eigenvalue weighted by Gasteiger charge is 2.31.